The van der Waals surface area contributed by atoms with Crippen LogP contribution in [0.1, 0.15) is 37.3 Å². The van der Waals surface area contributed by atoms with Gasteiger partial charge in [0.1, 0.15) is 0 Å². The number of thioether (sulfide) groups is 1. The van der Waals surface area contributed by atoms with E-state index in [4.69, 9.17) is 5.73 Å². The third kappa shape index (κ3) is 5.09. The summed E-state index contributed by atoms with van der Waals surface area (Å²) in [6.45, 7) is 4.37. The third-order valence-corrected chi connectivity index (χ3v) is 4.71. The minimum absolute atomic E-state index is 0.0896. The molecule has 0 amide bonds. The Morgan fingerprint density at radius 2 is 1.83 bits per heavy atom. The molecule has 0 aliphatic heterocycles. The SMILES string of the molecule is CC[C@H](C)c1ccc(N=C(N)SCc2ccc([N+](=O)[O-])cc2)cc1. The standard InChI is InChI=1S/C18H21N3O2S/c1-3-13(2)15-6-8-16(9-7-15)20-18(19)24-12-14-4-10-17(11-5-14)21(22)23/h4-11,13H,3,12H2,1-2H3,(H2,19,20)/t13-/m0/s1. The molecule has 0 unspecified atom stereocenters. The maximum atomic E-state index is 10.6. The highest BCUT2D eigenvalue weighted by Crippen LogP contribution is 2.23. The lowest BCUT2D eigenvalue weighted by atomic mass is 9.99. The van der Waals surface area contributed by atoms with Gasteiger partial charge in [0.25, 0.3) is 5.69 Å². The van der Waals surface area contributed by atoms with Gasteiger partial charge < -0.3 is 5.73 Å². The number of nitro benzene ring substituents is 1. The van der Waals surface area contributed by atoms with Crippen molar-refractivity contribution in [2.24, 2.45) is 10.7 Å². The molecule has 0 spiro atoms. The number of nitro groups is 1. The predicted molar refractivity (Wildman–Crippen MR) is 101 cm³/mol. The second kappa shape index (κ2) is 8.49. The Hall–Kier alpha value is -2.34. The molecule has 1 atom stereocenters. The van der Waals surface area contributed by atoms with E-state index in [0.29, 0.717) is 16.8 Å². The Labute approximate surface area is 146 Å². The first kappa shape index (κ1) is 18.0. The monoisotopic (exact) mass is 343 g/mol. The molecular weight excluding hydrogens is 322 g/mol. The fraction of sp³-hybridized carbons (Fsp3) is 0.278. The molecule has 2 aromatic rings. The van der Waals surface area contributed by atoms with Crippen molar-refractivity contribution in [1.82, 2.24) is 0 Å². The quantitative estimate of drug-likeness (QED) is 0.347. The number of hydrogen-bond acceptors (Lipinski definition) is 4. The van der Waals surface area contributed by atoms with Crippen LogP contribution in [0.2, 0.25) is 0 Å². The van der Waals surface area contributed by atoms with E-state index in [2.05, 4.69) is 31.0 Å². The zero-order valence-electron chi connectivity index (χ0n) is 13.8. The van der Waals surface area contributed by atoms with E-state index in [9.17, 15) is 10.1 Å². The first-order valence-electron chi connectivity index (χ1n) is 7.80. The number of rotatable bonds is 6. The molecule has 5 nitrogen and oxygen atoms in total. The number of nitrogens with two attached hydrogens (primary N) is 1. The van der Waals surface area contributed by atoms with Gasteiger partial charge in [-0.15, -0.1) is 0 Å². The van der Waals surface area contributed by atoms with Gasteiger partial charge in [-0.25, -0.2) is 4.99 Å². The molecule has 0 radical (unpaired) electrons. The molecule has 0 bridgehead atoms. The Kier molecular flexibility index (Phi) is 6.37. The fourth-order valence-corrected chi connectivity index (χ4v) is 2.82. The number of nitrogens with zero attached hydrogens (tertiary/aromatic N) is 2. The lowest BCUT2D eigenvalue weighted by Crippen LogP contribution is -2.06. The van der Waals surface area contributed by atoms with E-state index in [-0.39, 0.29) is 5.69 Å². The van der Waals surface area contributed by atoms with Crippen molar-refractivity contribution < 1.29 is 4.92 Å². The van der Waals surface area contributed by atoms with Crippen LogP contribution in [-0.2, 0) is 5.75 Å². The predicted octanol–water partition coefficient (Wildman–Crippen LogP) is 4.99. The summed E-state index contributed by atoms with van der Waals surface area (Å²) in [6.07, 6.45) is 1.11. The topological polar surface area (TPSA) is 81.5 Å². The zero-order valence-corrected chi connectivity index (χ0v) is 14.6. The highest BCUT2D eigenvalue weighted by molar-refractivity contribution is 8.13. The van der Waals surface area contributed by atoms with Crippen LogP contribution in [0.4, 0.5) is 11.4 Å². The van der Waals surface area contributed by atoms with Gasteiger partial charge >= 0.3 is 0 Å². The largest absolute Gasteiger partial charge is 0.378 e. The first-order valence-corrected chi connectivity index (χ1v) is 8.78. The summed E-state index contributed by atoms with van der Waals surface area (Å²) >= 11 is 1.41. The van der Waals surface area contributed by atoms with Crippen LogP contribution < -0.4 is 5.73 Å². The van der Waals surface area contributed by atoms with Crippen molar-refractivity contribution in [2.75, 3.05) is 0 Å². The number of amidine groups is 1. The van der Waals surface area contributed by atoms with E-state index < -0.39 is 4.92 Å². The summed E-state index contributed by atoms with van der Waals surface area (Å²) in [5, 5.41) is 11.1. The van der Waals surface area contributed by atoms with Crippen LogP contribution in [0.3, 0.4) is 0 Å². The maximum absolute atomic E-state index is 10.6. The molecule has 2 N–H and O–H groups in total. The van der Waals surface area contributed by atoms with Crippen LogP contribution in [0.5, 0.6) is 0 Å². The Morgan fingerprint density at radius 1 is 1.21 bits per heavy atom. The molecule has 0 fully saturated rings. The molecule has 0 aliphatic carbocycles. The Morgan fingerprint density at radius 3 is 2.38 bits per heavy atom. The van der Waals surface area contributed by atoms with Crippen LogP contribution >= 0.6 is 11.8 Å². The van der Waals surface area contributed by atoms with Gasteiger partial charge in [0.05, 0.1) is 10.6 Å². The molecule has 6 heteroatoms. The van der Waals surface area contributed by atoms with Gasteiger partial charge in [0, 0.05) is 17.9 Å². The van der Waals surface area contributed by atoms with Crippen molar-refractivity contribution in [3.8, 4) is 0 Å². The Bertz CT molecular complexity index is 712. The van der Waals surface area contributed by atoms with Gasteiger partial charge in [-0.05, 0) is 35.6 Å². The maximum Gasteiger partial charge on any atom is 0.269 e. The van der Waals surface area contributed by atoms with E-state index in [1.165, 1.54) is 29.5 Å². The van der Waals surface area contributed by atoms with Crippen molar-refractivity contribution in [3.05, 3.63) is 69.8 Å². The summed E-state index contributed by atoms with van der Waals surface area (Å²) < 4.78 is 0. The van der Waals surface area contributed by atoms with Crippen LogP contribution in [0.25, 0.3) is 0 Å². The summed E-state index contributed by atoms with van der Waals surface area (Å²) in [6, 6.07) is 14.6. The molecule has 0 saturated heterocycles. The highest BCUT2D eigenvalue weighted by Gasteiger charge is 2.05. The van der Waals surface area contributed by atoms with Gasteiger partial charge in [-0.3, -0.25) is 10.1 Å². The van der Waals surface area contributed by atoms with E-state index in [1.807, 2.05) is 12.1 Å². The van der Waals surface area contributed by atoms with Gasteiger partial charge in [-0.2, -0.15) is 0 Å². The molecule has 24 heavy (non-hydrogen) atoms. The number of hydrogen-bond donors (Lipinski definition) is 1. The molecule has 0 aliphatic rings. The summed E-state index contributed by atoms with van der Waals surface area (Å²) in [5.74, 6) is 1.16. The summed E-state index contributed by atoms with van der Waals surface area (Å²) in [5.41, 5.74) is 9.15. The Balaban J connectivity index is 1.95. The van der Waals surface area contributed by atoms with Gasteiger partial charge in [0.2, 0.25) is 0 Å². The van der Waals surface area contributed by atoms with Crippen molar-refractivity contribution >= 4 is 28.3 Å². The number of benzene rings is 2. The second-order valence-electron chi connectivity index (χ2n) is 5.56. The third-order valence-electron chi connectivity index (χ3n) is 3.85. The fourth-order valence-electron chi connectivity index (χ4n) is 2.14. The van der Waals surface area contributed by atoms with Crippen molar-refractivity contribution in [3.63, 3.8) is 0 Å². The minimum Gasteiger partial charge on any atom is -0.378 e. The van der Waals surface area contributed by atoms with E-state index in [1.54, 1.807) is 12.1 Å². The van der Waals surface area contributed by atoms with E-state index in [0.717, 1.165) is 17.7 Å². The second-order valence-corrected chi connectivity index (χ2v) is 6.56. The molecule has 0 heterocycles. The minimum atomic E-state index is -0.407. The van der Waals surface area contributed by atoms with Gasteiger partial charge in [0.15, 0.2) is 5.17 Å². The van der Waals surface area contributed by atoms with Crippen molar-refractivity contribution in [2.45, 2.75) is 31.9 Å². The smallest absolute Gasteiger partial charge is 0.269 e. The number of non-ortho nitro benzene ring substituents is 1. The average Bonchev–Trinajstić information content (AvgIpc) is 2.60. The average molecular weight is 343 g/mol. The molecular formula is C18H21N3O2S. The molecule has 0 aromatic heterocycles. The molecule has 0 saturated carbocycles. The molecule has 2 aromatic carbocycles. The summed E-state index contributed by atoms with van der Waals surface area (Å²) in [7, 11) is 0. The molecule has 2 rings (SSSR count). The van der Waals surface area contributed by atoms with Crippen LogP contribution in [0.15, 0.2) is 53.5 Å². The first-order chi connectivity index (χ1) is 11.5. The van der Waals surface area contributed by atoms with Crippen LogP contribution in [0, 0.1) is 10.1 Å². The lowest BCUT2D eigenvalue weighted by molar-refractivity contribution is -0.384. The zero-order chi connectivity index (χ0) is 17.5. The summed E-state index contributed by atoms with van der Waals surface area (Å²) in [4.78, 5) is 14.6. The highest BCUT2D eigenvalue weighted by atomic mass is 32.2. The normalized spacial score (nSPS) is 12.8. The lowest BCUT2D eigenvalue weighted by Gasteiger charge is -2.08. The van der Waals surface area contributed by atoms with Crippen LogP contribution in [-0.4, -0.2) is 10.1 Å². The van der Waals surface area contributed by atoms with Crippen molar-refractivity contribution in [1.29, 1.82) is 0 Å². The number of aliphatic imine (C=N–C) groups is 1. The van der Waals surface area contributed by atoms with Gasteiger partial charge in [-0.1, -0.05) is 49.9 Å². The van der Waals surface area contributed by atoms with E-state index >= 15 is 0 Å². The molecule has 126 valence electrons.